The highest BCUT2D eigenvalue weighted by Gasteiger charge is 2.54. The number of carbonyl (C=O) groups is 1. The van der Waals surface area contributed by atoms with Crippen molar-refractivity contribution in [2.24, 2.45) is 0 Å². The molecule has 1 amide bonds. The van der Waals surface area contributed by atoms with Crippen molar-refractivity contribution in [2.45, 2.75) is 25.6 Å². The van der Waals surface area contributed by atoms with Crippen LogP contribution in [0, 0.1) is 0 Å². The molecule has 86 valence electrons. The first-order valence-electron chi connectivity index (χ1n) is 4.77. The van der Waals surface area contributed by atoms with Crippen LogP contribution in [0.1, 0.15) is 19.4 Å². The molecule has 0 bridgehead atoms. The van der Waals surface area contributed by atoms with E-state index < -0.39 is 17.6 Å². The summed E-state index contributed by atoms with van der Waals surface area (Å²) in [5, 5.41) is 0. The summed E-state index contributed by atoms with van der Waals surface area (Å²) in [6.45, 7) is 3.19. The van der Waals surface area contributed by atoms with Gasteiger partial charge in [-0.3, -0.25) is 9.69 Å². The first-order valence-corrected chi connectivity index (χ1v) is 4.77. The summed E-state index contributed by atoms with van der Waals surface area (Å²) in [4.78, 5) is 12.0. The SMILES string of the molecule is CC1(C)c2ccccc2N1C(=O)C(F)(F)F. The molecule has 1 aromatic rings. The van der Waals surface area contributed by atoms with E-state index in [9.17, 15) is 18.0 Å². The van der Waals surface area contributed by atoms with Gasteiger partial charge in [0.05, 0.1) is 11.2 Å². The molecular formula is C11H10F3NO. The topological polar surface area (TPSA) is 20.3 Å². The fraction of sp³-hybridized carbons (Fsp3) is 0.364. The first-order chi connectivity index (χ1) is 7.26. The van der Waals surface area contributed by atoms with Crippen LogP contribution in [-0.2, 0) is 10.3 Å². The predicted octanol–water partition coefficient (Wildman–Crippen LogP) is 2.83. The van der Waals surface area contributed by atoms with E-state index in [1.54, 1.807) is 32.0 Å². The van der Waals surface area contributed by atoms with Crippen LogP contribution in [0.3, 0.4) is 0 Å². The average Bonchev–Trinajstić information content (AvgIpc) is 2.16. The molecule has 0 saturated carbocycles. The average molecular weight is 229 g/mol. The molecule has 0 spiro atoms. The smallest absolute Gasteiger partial charge is 0.294 e. The van der Waals surface area contributed by atoms with Gasteiger partial charge in [0.1, 0.15) is 0 Å². The third-order valence-electron chi connectivity index (χ3n) is 2.81. The maximum atomic E-state index is 12.4. The zero-order valence-corrected chi connectivity index (χ0v) is 8.80. The maximum absolute atomic E-state index is 12.4. The fourth-order valence-corrected chi connectivity index (χ4v) is 2.04. The lowest BCUT2D eigenvalue weighted by atomic mass is 9.81. The van der Waals surface area contributed by atoms with Crippen molar-refractivity contribution in [3.05, 3.63) is 29.8 Å². The highest BCUT2D eigenvalue weighted by Crippen LogP contribution is 2.48. The summed E-state index contributed by atoms with van der Waals surface area (Å²) in [5.41, 5.74) is 0.214. The Balaban J connectivity index is 2.44. The Morgan fingerprint density at radius 3 is 2.38 bits per heavy atom. The van der Waals surface area contributed by atoms with Gasteiger partial charge in [0.2, 0.25) is 0 Å². The zero-order valence-electron chi connectivity index (χ0n) is 8.80. The zero-order chi connectivity index (χ0) is 12.1. The quantitative estimate of drug-likeness (QED) is 0.669. The van der Waals surface area contributed by atoms with Crippen LogP contribution < -0.4 is 4.90 Å². The van der Waals surface area contributed by atoms with Gasteiger partial charge in [-0.1, -0.05) is 18.2 Å². The summed E-state index contributed by atoms with van der Waals surface area (Å²) in [6.07, 6.45) is -4.83. The Morgan fingerprint density at radius 1 is 1.25 bits per heavy atom. The van der Waals surface area contributed by atoms with Crippen molar-refractivity contribution in [2.75, 3.05) is 4.90 Å². The van der Waals surface area contributed by atoms with Crippen LogP contribution in [0.4, 0.5) is 18.9 Å². The number of para-hydroxylation sites is 1. The lowest BCUT2D eigenvalue weighted by Crippen LogP contribution is -2.58. The summed E-state index contributed by atoms with van der Waals surface area (Å²) in [5.74, 6) is -1.81. The van der Waals surface area contributed by atoms with Crippen LogP contribution in [0.5, 0.6) is 0 Å². The van der Waals surface area contributed by atoms with Crippen molar-refractivity contribution in [1.82, 2.24) is 0 Å². The van der Waals surface area contributed by atoms with E-state index in [4.69, 9.17) is 0 Å². The fourth-order valence-electron chi connectivity index (χ4n) is 2.04. The van der Waals surface area contributed by atoms with E-state index in [0.717, 1.165) is 10.5 Å². The van der Waals surface area contributed by atoms with Crippen molar-refractivity contribution in [1.29, 1.82) is 0 Å². The number of nitrogens with zero attached hydrogens (tertiary/aromatic N) is 1. The molecule has 2 nitrogen and oxygen atoms in total. The molecule has 0 unspecified atom stereocenters. The van der Waals surface area contributed by atoms with E-state index in [2.05, 4.69) is 0 Å². The van der Waals surface area contributed by atoms with Crippen molar-refractivity contribution in [3.63, 3.8) is 0 Å². The molecule has 0 atom stereocenters. The van der Waals surface area contributed by atoms with E-state index >= 15 is 0 Å². The number of halogens is 3. The molecule has 16 heavy (non-hydrogen) atoms. The van der Waals surface area contributed by atoms with Gasteiger partial charge >= 0.3 is 12.1 Å². The Bertz CT molecular complexity index is 451. The third-order valence-corrected chi connectivity index (χ3v) is 2.81. The van der Waals surface area contributed by atoms with E-state index in [1.807, 2.05) is 0 Å². The van der Waals surface area contributed by atoms with Crippen LogP contribution in [0.15, 0.2) is 24.3 Å². The van der Waals surface area contributed by atoms with Gasteiger partial charge in [-0.05, 0) is 19.9 Å². The minimum absolute atomic E-state index is 0.342. The van der Waals surface area contributed by atoms with Gasteiger partial charge in [-0.25, -0.2) is 0 Å². The van der Waals surface area contributed by atoms with Gasteiger partial charge in [0.25, 0.3) is 0 Å². The number of rotatable bonds is 0. The minimum atomic E-state index is -4.83. The number of alkyl halides is 3. The summed E-state index contributed by atoms with van der Waals surface area (Å²) >= 11 is 0. The number of benzene rings is 1. The van der Waals surface area contributed by atoms with Gasteiger partial charge in [0.15, 0.2) is 0 Å². The van der Waals surface area contributed by atoms with Crippen LogP contribution in [0.2, 0.25) is 0 Å². The molecule has 5 heteroatoms. The molecular weight excluding hydrogens is 219 g/mol. The second kappa shape index (κ2) is 2.99. The Labute approximate surface area is 90.7 Å². The summed E-state index contributed by atoms with van der Waals surface area (Å²) in [7, 11) is 0. The number of amides is 1. The number of carbonyl (C=O) groups excluding carboxylic acids is 1. The number of fused-ring (bicyclic) bond motifs is 1. The molecule has 1 aliphatic rings. The second-order valence-electron chi connectivity index (χ2n) is 4.21. The Kier molecular flexibility index (Phi) is 2.05. The van der Waals surface area contributed by atoms with Crippen molar-refractivity contribution in [3.8, 4) is 0 Å². The third kappa shape index (κ3) is 1.31. The molecule has 0 N–H and O–H groups in total. The highest BCUT2D eigenvalue weighted by molar-refractivity contribution is 6.03. The maximum Gasteiger partial charge on any atom is 0.471 e. The lowest BCUT2D eigenvalue weighted by Gasteiger charge is -2.49. The molecule has 1 aromatic carbocycles. The van der Waals surface area contributed by atoms with Gasteiger partial charge in [-0.15, -0.1) is 0 Å². The van der Waals surface area contributed by atoms with Crippen LogP contribution in [-0.4, -0.2) is 12.1 Å². The van der Waals surface area contributed by atoms with E-state index in [1.165, 1.54) is 6.07 Å². The van der Waals surface area contributed by atoms with Crippen LogP contribution >= 0.6 is 0 Å². The first kappa shape index (κ1) is 11.0. The number of hydrogen-bond donors (Lipinski definition) is 0. The molecule has 2 rings (SSSR count). The minimum Gasteiger partial charge on any atom is -0.294 e. The summed E-state index contributed by atoms with van der Waals surface area (Å²) in [6, 6.07) is 6.61. The van der Waals surface area contributed by atoms with Crippen molar-refractivity contribution >= 4 is 11.6 Å². The van der Waals surface area contributed by atoms with Gasteiger partial charge in [0, 0.05) is 5.56 Å². The summed E-state index contributed by atoms with van der Waals surface area (Å²) < 4.78 is 37.1. The standard InChI is InChI=1S/C11H10F3NO/c1-10(2)7-5-3-4-6-8(7)15(10)9(16)11(12,13)14/h3-6H,1-2H3. The van der Waals surface area contributed by atoms with Crippen LogP contribution in [0.25, 0.3) is 0 Å². The Morgan fingerprint density at radius 2 is 1.81 bits per heavy atom. The molecule has 1 heterocycles. The molecule has 1 aliphatic heterocycles. The van der Waals surface area contributed by atoms with Gasteiger partial charge in [-0.2, -0.15) is 13.2 Å². The largest absolute Gasteiger partial charge is 0.471 e. The number of hydrogen-bond acceptors (Lipinski definition) is 1. The van der Waals surface area contributed by atoms with Gasteiger partial charge < -0.3 is 0 Å². The normalized spacial score (nSPS) is 17.7. The second-order valence-corrected chi connectivity index (χ2v) is 4.21. The van der Waals surface area contributed by atoms with Crippen molar-refractivity contribution < 1.29 is 18.0 Å². The molecule has 0 aromatic heterocycles. The molecule has 0 saturated heterocycles. The molecule has 0 aliphatic carbocycles. The number of anilines is 1. The predicted molar refractivity (Wildman–Crippen MR) is 53.0 cm³/mol. The van der Waals surface area contributed by atoms with E-state index in [0.29, 0.717) is 5.69 Å². The van der Waals surface area contributed by atoms with E-state index in [-0.39, 0.29) is 0 Å². The monoisotopic (exact) mass is 229 g/mol. The lowest BCUT2D eigenvalue weighted by molar-refractivity contribution is -0.172. The Hall–Kier alpha value is -1.52. The molecule has 0 radical (unpaired) electrons. The highest BCUT2D eigenvalue weighted by atomic mass is 19.4. The molecule has 0 fully saturated rings.